The minimum atomic E-state index is -0.425. The highest BCUT2D eigenvalue weighted by Crippen LogP contribution is 2.26. The van der Waals surface area contributed by atoms with Crippen LogP contribution in [0.15, 0.2) is 46.9 Å². The van der Waals surface area contributed by atoms with E-state index in [9.17, 15) is 4.79 Å². The van der Waals surface area contributed by atoms with Gasteiger partial charge in [-0.3, -0.25) is 4.79 Å². The van der Waals surface area contributed by atoms with Crippen LogP contribution in [0.25, 0.3) is 0 Å². The van der Waals surface area contributed by atoms with Gasteiger partial charge in [-0.15, -0.1) is 0 Å². The first kappa shape index (κ1) is 13.9. The van der Waals surface area contributed by atoms with Crippen molar-refractivity contribution in [2.24, 2.45) is 5.73 Å². The normalized spacial score (nSPS) is 10.2. The number of hydrogen-bond donors (Lipinski definition) is 2. The van der Waals surface area contributed by atoms with Crippen LogP contribution in [0.1, 0.15) is 15.9 Å². The van der Waals surface area contributed by atoms with E-state index in [-0.39, 0.29) is 0 Å². The monoisotopic (exact) mass is 338 g/mol. The van der Waals surface area contributed by atoms with Crippen LogP contribution >= 0.6 is 27.5 Å². The lowest BCUT2D eigenvalue weighted by Gasteiger charge is -2.09. The van der Waals surface area contributed by atoms with Gasteiger partial charge in [-0.25, -0.2) is 0 Å². The molecule has 5 heteroatoms. The molecular formula is C14H12BrClN2O. The Bertz CT molecular complexity index is 616. The highest BCUT2D eigenvalue weighted by atomic mass is 79.9. The topological polar surface area (TPSA) is 55.1 Å². The summed E-state index contributed by atoms with van der Waals surface area (Å²) in [5.74, 6) is -0.425. The number of hydrogen-bond acceptors (Lipinski definition) is 2. The van der Waals surface area contributed by atoms with Crippen LogP contribution in [-0.2, 0) is 6.54 Å². The molecule has 0 aliphatic heterocycles. The Hall–Kier alpha value is -1.52. The van der Waals surface area contributed by atoms with Crippen molar-refractivity contribution >= 4 is 39.1 Å². The van der Waals surface area contributed by atoms with Gasteiger partial charge in [0, 0.05) is 21.6 Å². The maximum absolute atomic E-state index is 11.1. The summed E-state index contributed by atoms with van der Waals surface area (Å²) in [4.78, 5) is 11.1. The second-order valence-corrected chi connectivity index (χ2v) is 5.33. The Labute approximate surface area is 124 Å². The van der Waals surface area contributed by atoms with Gasteiger partial charge in [0.2, 0.25) is 5.91 Å². The first-order valence-corrected chi connectivity index (χ1v) is 6.81. The number of amides is 1. The summed E-state index contributed by atoms with van der Waals surface area (Å²) in [5.41, 5.74) is 7.63. The molecule has 0 spiro atoms. The Morgan fingerprint density at radius 2 is 2.05 bits per heavy atom. The number of carbonyl (C=O) groups excluding carboxylic acids is 1. The van der Waals surface area contributed by atoms with E-state index in [0.29, 0.717) is 17.1 Å². The molecule has 0 unspecified atom stereocenters. The second kappa shape index (κ2) is 6.08. The number of nitrogens with one attached hydrogen (secondary N) is 1. The van der Waals surface area contributed by atoms with Crippen LogP contribution in [-0.4, -0.2) is 5.91 Å². The third-order valence-electron chi connectivity index (χ3n) is 2.62. The predicted molar refractivity (Wildman–Crippen MR) is 81.4 cm³/mol. The maximum Gasteiger partial charge on any atom is 0.248 e. The fraction of sp³-hybridized carbons (Fsp3) is 0.0714. The van der Waals surface area contributed by atoms with Crippen LogP contribution in [0.2, 0.25) is 5.02 Å². The maximum atomic E-state index is 11.1. The molecule has 0 aliphatic carbocycles. The summed E-state index contributed by atoms with van der Waals surface area (Å²) in [5, 5.41) is 3.92. The van der Waals surface area contributed by atoms with Crippen LogP contribution in [0, 0.1) is 0 Å². The second-order valence-electron chi connectivity index (χ2n) is 4.04. The summed E-state index contributed by atoms with van der Waals surface area (Å²) >= 11 is 9.39. The van der Waals surface area contributed by atoms with Gasteiger partial charge in [-0.2, -0.15) is 0 Å². The zero-order valence-corrected chi connectivity index (χ0v) is 12.3. The highest BCUT2D eigenvalue weighted by Gasteiger charge is 2.03. The van der Waals surface area contributed by atoms with E-state index >= 15 is 0 Å². The van der Waals surface area contributed by atoms with E-state index < -0.39 is 5.91 Å². The highest BCUT2D eigenvalue weighted by molar-refractivity contribution is 9.10. The summed E-state index contributed by atoms with van der Waals surface area (Å²) in [6.07, 6.45) is 0. The number of nitrogens with two attached hydrogens (primary N) is 1. The van der Waals surface area contributed by atoms with Gasteiger partial charge in [-0.05, 0) is 51.8 Å². The van der Waals surface area contributed by atoms with Gasteiger partial charge in [0.15, 0.2) is 0 Å². The third-order valence-corrected chi connectivity index (χ3v) is 3.55. The molecule has 0 fully saturated rings. The lowest BCUT2D eigenvalue weighted by molar-refractivity contribution is 0.1000. The van der Waals surface area contributed by atoms with Crippen molar-refractivity contribution in [3.8, 4) is 0 Å². The molecule has 0 atom stereocenters. The van der Waals surface area contributed by atoms with Gasteiger partial charge in [0.1, 0.15) is 0 Å². The number of benzene rings is 2. The van der Waals surface area contributed by atoms with E-state index in [1.165, 1.54) is 0 Å². The van der Waals surface area contributed by atoms with E-state index in [2.05, 4.69) is 21.2 Å². The summed E-state index contributed by atoms with van der Waals surface area (Å²) in [6.45, 7) is 0.583. The number of anilines is 1. The average Bonchev–Trinajstić information content (AvgIpc) is 2.40. The molecule has 98 valence electrons. The van der Waals surface area contributed by atoms with Crippen molar-refractivity contribution in [2.75, 3.05) is 5.32 Å². The lowest BCUT2D eigenvalue weighted by Crippen LogP contribution is -2.11. The molecule has 19 heavy (non-hydrogen) atoms. The number of halogens is 2. The molecule has 0 aromatic heterocycles. The minimum Gasteiger partial charge on any atom is -0.380 e. The van der Waals surface area contributed by atoms with E-state index in [1.54, 1.807) is 12.1 Å². The Balaban J connectivity index is 2.12. The third kappa shape index (κ3) is 3.72. The summed E-state index contributed by atoms with van der Waals surface area (Å²) in [7, 11) is 0. The number of carbonyl (C=O) groups is 1. The Kier molecular flexibility index (Phi) is 4.45. The molecule has 1 amide bonds. The average molecular weight is 340 g/mol. The van der Waals surface area contributed by atoms with Crippen molar-refractivity contribution in [3.63, 3.8) is 0 Å². The molecule has 2 aromatic rings. The smallest absolute Gasteiger partial charge is 0.248 e. The molecule has 3 N–H and O–H groups in total. The largest absolute Gasteiger partial charge is 0.380 e. The summed E-state index contributed by atoms with van der Waals surface area (Å²) < 4.78 is 0.933. The van der Waals surface area contributed by atoms with Gasteiger partial charge in [0.25, 0.3) is 0 Å². The number of rotatable bonds is 4. The van der Waals surface area contributed by atoms with Crippen LogP contribution in [0.4, 0.5) is 5.69 Å². The first-order chi connectivity index (χ1) is 9.06. The molecular weight excluding hydrogens is 328 g/mol. The van der Waals surface area contributed by atoms with Crippen molar-refractivity contribution in [1.82, 2.24) is 0 Å². The van der Waals surface area contributed by atoms with Crippen molar-refractivity contribution in [1.29, 1.82) is 0 Å². The fourth-order valence-corrected chi connectivity index (χ4v) is 2.22. The summed E-state index contributed by atoms with van der Waals surface area (Å²) in [6, 6.07) is 12.7. The molecule has 0 radical (unpaired) electrons. The van der Waals surface area contributed by atoms with Crippen molar-refractivity contribution < 1.29 is 4.79 Å². The molecule has 2 aromatic carbocycles. The zero-order chi connectivity index (χ0) is 13.8. The van der Waals surface area contributed by atoms with Gasteiger partial charge in [0.05, 0.1) is 5.69 Å². The molecule has 0 bridgehead atoms. The van der Waals surface area contributed by atoms with Gasteiger partial charge < -0.3 is 11.1 Å². The van der Waals surface area contributed by atoms with Crippen molar-refractivity contribution in [3.05, 3.63) is 63.1 Å². The van der Waals surface area contributed by atoms with E-state index in [0.717, 1.165) is 15.7 Å². The van der Waals surface area contributed by atoms with Crippen LogP contribution in [0.5, 0.6) is 0 Å². The Morgan fingerprint density at radius 1 is 1.26 bits per heavy atom. The number of primary amides is 1. The van der Waals surface area contributed by atoms with Crippen LogP contribution in [0.3, 0.4) is 0 Å². The minimum absolute atomic E-state index is 0.425. The fourth-order valence-electron chi connectivity index (χ4n) is 1.66. The molecule has 2 rings (SSSR count). The van der Waals surface area contributed by atoms with E-state index in [1.807, 2.05) is 30.3 Å². The van der Waals surface area contributed by atoms with Gasteiger partial charge in [-0.1, -0.05) is 23.7 Å². The Morgan fingerprint density at radius 3 is 2.79 bits per heavy atom. The van der Waals surface area contributed by atoms with E-state index in [4.69, 9.17) is 17.3 Å². The molecule has 0 aliphatic rings. The van der Waals surface area contributed by atoms with Crippen molar-refractivity contribution in [2.45, 2.75) is 6.54 Å². The quantitative estimate of drug-likeness (QED) is 0.890. The predicted octanol–water partition coefficient (Wildman–Crippen LogP) is 3.81. The SMILES string of the molecule is NC(=O)c1cccc(CNc2cc(Cl)ccc2Br)c1. The van der Waals surface area contributed by atoms with Gasteiger partial charge >= 0.3 is 0 Å². The molecule has 3 nitrogen and oxygen atoms in total. The molecule has 0 saturated heterocycles. The zero-order valence-electron chi connectivity index (χ0n) is 9.99. The standard InChI is InChI=1S/C14H12BrClN2O/c15-12-5-4-11(16)7-13(12)18-8-9-2-1-3-10(6-9)14(17)19/h1-7,18H,8H2,(H2,17,19). The van der Waals surface area contributed by atoms with Crippen LogP contribution < -0.4 is 11.1 Å². The lowest BCUT2D eigenvalue weighted by atomic mass is 10.1. The first-order valence-electron chi connectivity index (χ1n) is 5.64. The molecule has 0 heterocycles. The molecule has 0 saturated carbocycles.